The van der Waals surface area contributed by atoms with Crippen molar-refractivity contribution in [1.82, 2.24) is 14.8 Å². The molecular weight excluding hydrogens is 264 g/mol. The van der Waals surface area contributed by atoms with Crippen LogP contribution in [0.1, 0.15) is 17.3 Å². The summed E-state index contributed by atoms with van der Waals surface area (Å²) in [6, 6.07) is 7.87. The predicted octanol–water partition coefficient (Wildman–Crippen LogP) is 1.59. The minimum Gasteiger partial charge on any atom is -0.383 e. The second-order valence-corrected chi connectivity index (χ2v) is 5.71. The Kier molecular flexibility index (Phi) is 3.51. The quantitative estimate of drug-likeness (QED) is 0.864. The number of hydrogen-bond donors (Lipinski definition) is 1. The molecule has 1 atom stereocenters. The summed E-state index contributed by atoms with van der Waals surface area (Å²) in [5.41, 5.74) is 6.54. The first-order valence-electron chi connectivity index (χ1n) is 7.20. The first-order valence-corrected chi connectivity index (χ1v) is 7.20. The SMILES string of the molecule is CC1CN(C)CCN1C(=O)c1cnc(N)c2ccccc12. The Hall–Kier alpha value is -2.14. The van der Waals surface area contributed by atoms with E-state index in [2.05, 4.69) is 23.9 Å². The molecule has 0 bridgehead atoms. The number of benzene rings is 1. The van der Waals surface area contributed by atoms with Crippen LogP contribution in [0.5, 0.6) is 0 Å². The van der Waals surface area contributed by atoms with Crippen molar-refractivity contribution in [3.8, 4) is 0 Å². The number of likely N-dealkylation sites (N-methyl/N-ethyl adjacent to an activating group) is 1. The first-order chi connectivity index (χ1) is 10.1. The van der Waals surface area contributed by atoms with Gasteiger partial charge in [-0.2, -0.15) is 0 Å². The van der Waals surface area contributed by atoms with E-state index in [0.29, 0.717) is 11.4 Å². The zero-order chi connectivity index (χ0) is 15.0. The summed E-state index contributed by atoms with van der Waals surface area (Å²) in [5.74, 6) is 0.507. The molecule has 2 heterocycles. The summed E-state index contributed by atoms with van der Waals surface area (Å²) in [7, 11) is 2.08. The van der Waals surface area contributed by atoms with Gasteiger partial charge in [-0.1, -0.05) is 24.3 Å². The van der Waals surface area contributed by atoms with Crippen LogP contribution in [0, 0.1) is 0 Å². The second-order valence-electron chi connectivity index (χ2n) is 5.71. The van der Waals surface area contributed by atoms with Crippen molar-refractivity contribution in [2.75, 3.05) is 32.4 Å². The lowest BCUT2D eigenvalue weighted by Crippen LogP contribution is -2.52. The molecule has 0 spiro atoms. The summed E-state index contributed by atoms with van der Waals surface area (Å²) in [6.45, 7) is 4.62. The molecule has 0 saturated carbocycles. The normalized spacial score (nSPS) is 19.9. The second kappa shape index (κ2) is 5.33. The van der Waals surface area contributed by atoms with Gasteiger partial charge in [0, 0.05) is 37.3 Å². The largest absolute Gasteiger partial charge is 0.383 e. The van der Waals surface area contributed by atoms with Crippen LogP contribution in [0.2, 0.25) is 0 Å². The molecule has 5 heteroatoms. The molecule has 1 unspecified atom stereocenters. The van der Waals surface area contributed by atoms with Crippen LogP contribution in [0.25, 0.3) is 10.8 Å². The van der Waals surface area contributed by atoms with E-state index in [1.165, 1.54) is 0 Å². The fourth-order valence-corrected chi connectivity index (χ4v) is 2.98. The number of pyridine rings is 1. The molecule has 1 fully saturated rings. The van der Waals surface area contributed by atoms with E-state index >= 15 is 0 Å². The van der Waals surface area contributed by atoms with Gasteiger partial charge in [-0.05, 0) is 19.4 Å². The van der Waals surface area contributed by atoms with E-state index in [9.17, 15) is 4.79 Å². The van der Waals surface area contributed by atoms with E-state index in [1.807, 2.05) is 29.2 Å². The summed E-state index contributed by atoms with van der Waals surface area (Å²) >= 11 is 0. The van der Waals surface area contributed by atoms with Gasteiger partial charge in [-0.25, -0.2) is 4.98 Å². The number of fused-ring (bicyclic) bond motifs is 1. The van der Waals surface area contributed by atoms with Gasteiger partial charge in [0.15, 0.2) is 0 Å². The van der Waals surface area contributed by atoms with E-state index in [-0.39, 0.29) is 11.9 Å². The molecule has 21 heavy (non-hydrogen) atoms. The van der Waals surface area contributed by atoms with Crippen molar-refractivity contribution in [3.63, 3.8) is 0 Å². The molecule has 1 aliphatic rings. The summed E-state index contributed by atoms with van der Waals surface area (Å²) in [5, 5.41) is 1.71. The number of anilines is 1. The highest BCUT2D eigenvalue weighted by Gasteiger charge is 2.27. The van der Waals surface area contributed by atoms with Crippen LogP contribution in [0.15, 0.2) is 30.5 Å². The average Bonchev–Trinajstić information content (AvgIpc) is 2.47. The van der Waals surface area contributed by atoms with Gasteiger partial charge >= 0.3 is 0 Å². The minimum atomic E-state index is 0.0410. The maximum Gasteiger partial charge on any atom is 0.256 e. The Morgan fingerprint density at radius 3 is 2.71 bits per heavy atom. The number of amides is 1. The van der Waals surface area contributed by atoms with Gasteiger partial charge in [0.1, 0.15) is 5.82 Å². The lowest BCUT2D eigenvalue weighted by Gasteiger charge is -2.38. The number of nitrogens with two attached hydrogens (primary N) is 1. The molecule has 1 aromatic heterocycles. The van der Waals surface area contributed by atoms with Crippen LogP contribution in [-0.4, -0.2) is 53.4 Å². The van der Waals surface area contributed by atoms with Crippen molar-refractivity contribution in [2.24, 2.45) is 0 Å². The summed E-state index contributed by atoms with van der Waals surface area (Å²) < 4.78 is 0. The number of aromatic nitrogens is 1. The van der Waals surface area contributed by atoms with Crippen LogP contribution in [0.3, 0.4) is 0 Å². The maximum absolute atomic E-state index is 12.9. The highest BCUT2D eigenvalue weighted by Crippen LogP contribution is 2.24. The molecule has 110 valence electrons. The molecule has 0 radical (unpaired) electrons. The molecule has 1 saturated heterocycles. The number of rotatable bonds is 1. The standard InChI is InChI=1S/C16H20N4O/c1-11-10-19(2)7-8-20(11)16(21)14-9-18-15(17)13-6-4-3-5-12(13)14/h3-6,9,11H,7-8,10H2,1-2H3,(H2,17,18). The Morgan fingerprint density at radius 1 is 1.29 bits per heavy atom. The molecule has 2 N–H and O–H groups in total. The Balaban J connectivity index is 2.01. The fourth-order valence-electron chi connectivity index (χ4n) is 2.98. The molecule has 1 amide bonds. The van der Waals surface area contributed by atoms with Crippen molar-refractivity contribution in [1.29, 1.82) is 0 Å². The van der Waals surface area contributed by atoms with E-state index < -0.39 is 0 Å². The zero-order valence-corrected chi connectivity index (χ0v) is 12.4. The fraction of sp³-hybridized carbons (Fsp3) is 0.375. The van der Waals surface area contributed by atoms with Crippen LogP contribution in [-0.2, 0) is 0 Å². The van der Waals surface area contributed by atoms with Gasteiger partial charge < -0.3 is 15.5 Å². The molecule has 1 aliphatic heterocycles. The number of carbonyl (C=O) groups excluding carboxylic acids is 1. The molecule has 2 aromatic rings. The van der Waals surface area contributed by atoms with Crippen molar-refractivity contribution in [3.05, 3.63) is 36.0 Å². The monoisotopic (exact) mass is 284 g/mol. The number of carbonyl (C=O) groups is 1. The van der Waals surface area contributed by atoms with Crippen LogP contribution in [0.4, 0.5) is 5.82 Å². The Labute approximate surface area is 124 Å². The number of nitrogens with zero attached hydrogens (tertiary/aromatic N) is 3. The van der Waals surface area contributed by atoms with Crippen LogP contribution < -0.4 is 5.73 Å². The van der Waals surface area contributed by atoms with Crippen molar-refractivity contribution in [2.45, 2.75) is 13.0 Å². The van der Waals surface area contributed by atoms with Gasteiger partial charge in [-0.15, -0.1) is 0 Å². The van der Waals surface area contributed by atoms with Gasteiger partial charge in [0.05, 0.1) is 5.56 Å². The number of hydrogen-bond acceptors (Lipinski definition) is 4. The predicted molar refractivity (Wildman–Crippen MR) is 84.2 cm³/mol. The van der Waals surface area contributed by atoms with Crippen LogP contribution >= 0.6 is 0 Å². The summed E-state index contributed by atoms with van der Waals surface area (Å²) in [6.07, 6.45) is 1.60. The number of piperazine rings is 1. The molecule has 0 aliphatic carbocycles. The third-order valence-corrected chi connectivity index (χ3v) is 4.15. The Morgan fingerprint density at radius 2 is 2.00 bits per heavy atom. The van der Waals surface area contributed by atoms with Gasteiger partial charge in [0.25, 0.3) is 5.91 Å². The molecule has 1 aromatic carbocycles. The topological polar surface area (TPSA) is 62.5 Å². The molecule has 3 rings (SSSR count). The zero-order valence-electron chi connectivity index (χ0n) is 12.4. The van der Waals surface area contributed by atoms with Crippen molar-refractivity contribution < 1.29 is 4.79 Å². The first kappa shape index (κ1) is 13.8. The highest BCUT2D eigenvalue weighted by atomic mass is 16.2. The molecule has 5 nitrogen and oxygen atoms in total. The third kappa shape index (κ3) is 2.45. The van der Waals surface area contributed by atoms with Gasteiger partial charge in [0.2, 0.25) is 0 Å². The lowest BCUT2D eigenvalue weighted by atomic mass is 10.0. The summed E-state index contributed by atoms with van der Waals surface area (Å²) in [4.78, 5) is 21.2. The van der Waals surface area contributed by atoms with Gasteiger partial charge in [-0.3, -0.25) is 4.79 Å². The Bertz CT molecular complexity index is 685. The minimum absolute atomic E-state index is 0.0410. The smallest absolute Gasteiger partial charge is 0.256 e. The third-order valence-electron chi connectivity index (χ3n) is 4.15. The highest BCUT2D eigenvalue weighted by molar-refractivity contribution is 6.09. The van der Waals surface area contributed by atoms with E-state index in [4.69, 9.17) is 5.73 Å². The lowest BCUT2D eigenvalue weighted by molar-refractivity contribution is 0.0535. The van der Waals surface area contributed by atoms with E-state index in [0.717, 1.165) is 30.4 Å². The van der Waals surface area contributed by atoms with Crippen molar-refractivity contribution >= 4 is 22.5 Å². The molecular formula is C16H20N4O. The average molecular weight is 284 g/mol. The number of nitrogen functional groups attached to an aromatic ring is 1. The van der Waals surface area contributed by atoms with E-state index in [1.54, 1.807) is 6.20 Å². The maximum atomic E-state index is 12.9.